The van der Waals surface area contributed by atoms with Crippen LogP contribution in [0.4, 0.5) is 5.69 Å². The third kappa shape index (κ3) is 3.41. The summed E-state index contributed by atoms with van der Waals surface area (Å²) in [6, 6.07) is 9.07. The number of carboxylic acid groups (broad SMARTS) is 1. The molecule has 0 aliphatic rings. The van der Waals surface area contributed by atoms with E-state index >= 15 is 0 Å². The van der Waals surface area contributed by atoms with Gasteiger partial charge in [0, 0.05) is 10.7 Å². The van der Waals surface area contributed by atoms with E-state index in [0.29, 0.717) is 10.7 Å². The number of nitrogens with zero attached hydrogens (tertiary/aromatic N) is 1. The average Bonchev–Trinajstić information content (AvgIpc) is 2.86. The first-order valence-electron chi connectivity index (χ1n) is 7.28. The third-order valence-corrected chi connectivity index (χ3v) is 3.92. The zero-order valence-corrected chi connectivity index (χ0v) is 13.8. The lowest BCUT2D eigenvalue weighted by Gasteiger charge is -2.09. The van der Waals surface area contributed by atoms with Gasteiger partial charge in [-0.1, -0.05) is 17.7 Å². The number of fused-ring (bicyclic) bond motifs is 1. The minimum absolute atomic E-state index is 0.00635. The average molecular weight is 361 g/mol. The summed E-state index contributed by atoms with van der Waals surface area (Å²) in [5, 5.41) is 12.2. The number of carbonyl (C=O) groups excluding carboxylic acids is 1. The van der Waals surface area contributed by atoms with E-state index in [1.807, 2.05) is 6.92 Å². The molecule has 25 heavy (non-hydrogen) atoms. The van der Waals surface area contributed by atoms with Crippen molar-refractivity contribution in [2.75, 3.05) is 5.32 Å². The smallest absolute Gasteiger partial charge is 0.420 e. The van der Waals surface area contributed by atoms with Crippen molar-refractivity contribution in [3.8, 4) is 0 Å². The summed E-state index contributed by atoms with van der Waals surface area (Å²) in [5.74, 6) is -2.34. The topological polar surface area (TPSA) is 102 Å². The van der Waals surface area contributed by atoms with E-state index in [0.717, 1.165) is 10.1 Å². The molecule has 8 heteroatoms. The maximum atomic E-state index is 12.3. The van der Waals surface area contributed by atoms with Crippen molar-refractivity contribution >= 4 is 40.3 Å². The Bertz CT molecular complexity index is 1050. The van der Waals surface area contributed by atoms with E-state index in [1.165, 1.54) is 18.2 Å². The highest BCUT2D eigenvalue weighted by molar-refractivity contribution is 6.31. The molecule has 7 nitrogen and oxygen atoms in total. The first kappa shape index (κ1) is 16.8. The number of oxazole rings is 1. The quantitative estimate of drug-likeness (QED) is 0.744. The molecule has 0 aliphatic heterocycles. The van der Waals surface area contributed by atoms with Crippen molar-refractivity contribution in [2.24, 2.45) is 0 Å². The van der Waals surface area contributed by atoms with E-state index in [4.69, 9.17) is 21.1 Å². The van der Waals surface area contributed by atoms with Gasteiger partial charge in [-0.15, -0.1) is 0 Å². The molecule has 0 saturated carbocycles. The third-order valence-electron chi connectivity index (χ3n) is 3.69. The standard InChI is InChI=1S/C17H13ClN2O5/c1-9-2-4-11(18)7-12(9)19-15(21)8-20-13-6-10(16(22)23)3-5-14(13)25-17(20)24/h2-7H,8H2,1H3,(H,19,21)(H,22,23). The summed E-state index contributed by atoms with van der Waals surface area (Å²) in [6.07, 6.45) is 0. The number of hydrogen-bond acceptors (Lipinski definition) is 4. The van der Waals surface area contributed by atoms with Crippen molar-refractivity contribution in [2.45, 2.75) is 13.5 Å². The normalized spacial score (nSPS) is 10.8. The summed E-state index contributed by atoms with van der Waals surface area (Å²) in [4.78, 5) is 35.3. The highest BCUT2D eigenvalue weighted by Crippen LogP contribution is 2.20. The number of nitrogens with one attached hydrogen (secondary N) is 1. The fourth-order valence-corrected chi connectivity index (χ4v) is 2.58. The fraction of sp³-hybridized carbons (Fsp3) is 0.118. The van der Waals surface area contributed by atoms with Gasteiger partial charge in [-0.05, 0) is 42.8 Å². The van der Waals surface area contributed by atoms with Crippen LogP contribution in [-0.2, 0) is 11.3 Å². The Hall–Kier alpha value is -3.06. The number of aryl methyl sites for hydroxylation is 1. The van der Waals surface area contributed by atoms with Crippen LogP contribution in [-0.4, -0.2) is 21.6 Å². The van der Waals surface area contributed by atoms with Gasteiger partial charge in [0.15, 0.2) is 5.58 Å². The number of anilines is 1. The first-order chi connectivity index (χ1) is 11.8. The Balaban J connectivity index is 1.91. The van der Waals surface area contributed by atoms with Gasteiger partial charge < -0.3 is 14.8 Å². The van der Waals surface area contributed by atoms with E-state index in [2.05, 4.69) is 5.32 Å². The van der Waals surface area contributed by atoms with Gasteiger partial charge >= 0.3 is 11.7 Å². The maximum absolute atomic E-state index is 12.3. The second kappa shape index (κ2) is 6.45. The van der Waals surface area contributed by atoms with Crippen LogP contribution in [0.15, 0.2) is 45.6 Å². The Labute approximate surface area is 146 Å². The van der Waals surface area contributed by atoms with Crippen molar-refractivity contribution in [3.05, 3.63) is 63.1 Å². The van der Waals surface area contributed by atoms with Crippen molar-refractivity contribution < 1.29 is 19.1 Å². The minimum atomic E-state index is -1.14. The summed E-state index contributed by atoms with van der Waals surface area (Å²) in [7, 11) is 0. The van der Waals surface area contributed by atoms with Gasteiger partial charge in [-0.3, -0.25) is 9.36 Å². The number of aromatic nitrogens is 1. The van der Waals surface area contributed by atoms with Crippen LogP contribution in [0.1, 0.15) is 15.9 Å². The molecular weight excluding hydrogens is 348 g/mol. The molecule has 1 aromatic heterocycles. The van der Waals surface area contributed by atoms with Gasteiger partial charge in [0.05, 0.1) is 11.1 Å². The molecule has 0 aliphatic carbocycles. The van der Waals surface area contributed by atoms with Gasteiger partial charge in [0.2, 0.25) is 5.91 Å². The molecule has 2 aromatic carbocycles. The summed E-state index contributed by atoms with van der Waals surface area (Å²) in [6.45, 7) is 1.49. The molecule has 0 saturated heterocycles. The Kier molecular flexibility index (Phi) is 4.33. The van der Waals surface area contributed by atoms with Crippen LogP contribution < -0.4 is 11.1 Å². The van der Waals surface area contributed by atoms with Gasteiger partial charge in [0.25, 0.3) is 0 Å². The molecule has 3 rings (SSSR count). The molecule has 0 unspecified atom stereocenters. The molecule has 128 valence electrons. The number of carbonyl (C=O) groups is 2. The van der Waals surface area contributed by atoms with E-state index < -0.39 is 17.6 Å². The number of rotatable bonds is 4. The zero-order valence-electron chi connectivity index (χ0n) is 13.1. The molecule has 0 spiro atoms. The number of aromatic carboxylic acids is 1. The number of halogens is 1. The van der Waals surface area contributed by atoms with Crippen LogP contribution in [0, 0.1) is 6.92 Å². The molecule has 1 amide bonds. The number of hydrogen-bond donors (Lipinski definition) is 2. The van der Waals surface area contributed by atoms with Gasteiger partial charge in [-0.25, -0.2) is 9.59 Å². The minimum Gasteiger partial charge on any atom is -0.478 e. The monoisotopic (exact) mass is 360 g/mol. The Morgan fingerprint density at radius 3 is 2.72 bits per heavy atom. The second-order valence-electron chi connectivity index (χ2n) is 5.45. The van der Waals surface area contributed by atoms with E-state index in [1.54, 1.807) is 18.2 Å². The maximum Gasteiger partial charge on any atom is 0.420 e. The number of amides is 1. The van der Waals surface area contributed by atoms with Crippen molar-refractivity contribution in [3.63, 3.8) is 0 Å². The summed E-state index contributed by atoms with van der Waals surface area (Å²) >= 11 is 5.92. The molecule has 0 fully saturated rings. The number of benzene rings is 2. The second-order valence-corrected chi connectivity index (χ2v) is 5.89. The Morgan fingerprint density at radius 2 is 2.00 bits per heavy atom. The molecule has 0 bridgehead atoms. The molecular formula is C17H13ClN2O5. The molecule has 0 atom stereocenters. The summed E-state index contributed by atoms with van der Waals surface area (Å²) in [5.41, 5.74) is 1.79. The van der Waals surface area contributed by atoms with Crippen molar-refractivity contribution in [1.29, 1.82) is 0 Å². The molecule has 2 N–H and O–H groups in total. The van der Waals surface area contributed by atoms with Crippen LogP contribution in [0.25, 0.3) is 11.1 Å². The molecule has 3 aromatic rings. The van der Waals surface area contributed by atoms with Gasteiger partial charge in [0.1, 0.15) is 6.54 Å². The van der Waals surface area contributed by atoms with Crippen molar-refractivity contribution in [1.82, 2.24) is 4.57 Å². The lowest BCUT2D eigenvalue weighted by Crippen LogP contribution is -2.25. The predicted molar refractivity (Wildman–Crippen MR) is 92.3 cm³/mol. The lowest BCUT2D eigenvalue weighted by atomic mass is 10.2. The number of carboxylic acids is 1. The lowest BCUT2D eigenvalue weighted by molar-refractivity contribution is -0.116. The molecule has 1 heterocycles. The van der Waals surface area contributed by atoms with Crippen LogP contribution >= 0.6 is 11.6 Å². The Morgan fingerprint density at radius 1 is 1.24 bits per heavy atom. The molecule has 0 radical (unpaired) electrons. The first-order valence-corrected chi connectivity index (χ1v) is 7.65. The largest absolute Gasteiger partial charge is 0.478 e. The van der Waals surface area contributed by atoms with Crippen LogP contribution in [0.5, 0.6) is 0 Å². The van der Waals surface area contributed by atoms with Crippen LogP contribution in [0.2, 0.25) is 5.02 Å². The highest BCUT2D eigenvalue weighted by Gasteiger charge is 2.15. The zero-order chi connectivity index (χ0) is 18.1. The van der Waals surface area contributed by atoms with Crippen LogP contribution in [0.3, 0.4) is 0 Å². The fourth-order valence-electron chi connectivity index (χ4n) is 2.41. The summed E-state index contributed by atoms with van der Waals surface area (Å²) < 4.78 is 6.12. The SMILES string of the molecule is Cc1ccc(Cl)cc1NC(=O)Cn1c(=O)oc2ccc(C(=O)O)cc21. The van der Waals surface area contributed by atoms with E-state index in [9.17, 15) is 14.4 Å². The predicted octanol–water partition coefficient (Wildman–Crippen LogP) is 2.89. The van der Waals surface area contributed by atoms with Gasteiger partial charge in [-0.2, -0.15) is 0 Å². The van der Waals surface area contributed by atoms with E-state index in [-0.39, 0.29) is 23.2 Å². The highest BCUT2D eigenvalue weighted by atomic mass is 35.5.